The number of benzene rings is 2. The summed E-state index contributed by atoms with van der Waals surface area (Å²) in [7, 11) is -3.74. The second-order valence-electron chi connectivity index (χ2n) is 4.22. The number of para-hydroxylation sites is 1. The molecule has 0 bridgehead atoms. The van der Waals surface area contributed by atoms with Crippen molar-refractivity contribution >= 4 is 48.9 Å². The Labute approximate surface area is 131 Å². The van der Waals surface area contributed by atoms with E-state index in [1.807, 2.05) is 0 Å². The van der Waals surface area contributed by atoms with E-state index in [-0.39, 0.29) is 4.90 Å². The molecule has 4 nitrogen and oxygen atoms in total. The molecule has 0 heterocycles. The summed E-state index contributed by atoms with van der Waals surface area (Å²) in [6.07, 6.45) is 0. The van der Waals surface area contributed by atoms with E-state index in [2.05, 4.69) is 20.7 Å². The third-order valence-electron chi connectivity index (χ3n) is 2.70. The zero-order valence-corrected chi connectivity index (χ0v) is 13.7. The molecule has 106 valence electrons. The molecule has 0 aliphatic heterocycles. The van der Waals surface area contributed by atoms with Crippen molar-refractivity contribution in [2.24, 2.45) is 0 Å². The fraction of sp³-hybridized carbons (Fsp3) is 0.0769. The highest BCUT2D eigenvalue weighted by Crippen LogP contribution is 2.29. The number of sulfonamides is 1. The number of anilines is 2. The van der Waals surface area contributed by atoms with Crippen molar-refractivity contribution in [1.29, 1.82) is 0 Å². The fourth-order valence-corrected chi connectivity index (χ4v) is 3.74. The number of hydrogen-bond acceptors (Lipinski definition) is 3. The Morgan fingerprint density at radius 1 is 1.25 bits per heavy atom. The summed E-state index contributed by atoms with van der Waals surface area (Å²) >= 11 is 9.22. The molecular formula is C13H12BrClN2O2S. The average molecular weight is 376 g/mol. The van der Waals surface area contributed by atoms with E-state index in [9.17, 15) is 8.42 Å². The highest BCUT2D eigenvalue weighted by molar-refractivity contribution is 9.10. The summed E-state index contributed by atoms with van der Waals surface area (Å²) in [5, 5.41) is 0.332. The van der Waals surface area contributed by atoms with Crippen LogP contribution in [0.3, 0.4) is 0 Å². The average Bonchev–Trinajstić information content (AvgIpc) is 2.36. The van der Waals surface area contributed by atoms with E-state index < -0.39 is 10.0 Å². The molecule has 2 rings (SSSR count). The van der Waals surface area contributed by atoms with Gasteiger partial charge in [0.15, 0.2) is 0 Å². The summed E-state index contributed by atoms with van der Waals surface area (Å²) in [6.45, 7) is 1.70. The van der Waals surface area contributed by atoms with Crippen LogP contribution in [0.2, 0.25) is 5.02 Å². The number of nitrogens with one attached hydrogen (secondary N) is 1. The lowest BCUT2D eigenvalue weighted by Gasteiger charge is -2.12. The van der Waals surface area contributed by atoms with Gasteiger partial charge in [-0.1, -0.05) is 23.7 Å². The molecule has 0 saturated heterocycles. The summed E-state index contributed by atoms with van der Waals surface area (Å²) in [4.78, 5) is 0.123. The van der Waals surface area contributed by atoms with E-state index in [1.54, 1.807) is 37.3 Å². The number of nitrogen functional groups attached to an aromatic ring is 1. The van der Waals surface area contributed by atoms with Gasteiger partial charge in [-0.3, -0.25) is 4.72 Å². The van der Waals surface area contributed by atoms with Crippen LogP contribution in [0.5, 0.6) is 0 Å². The minimum Gasteiger partial charge on any atom is -0.398 e. The number of hydrogen-bond donors (Lipinski definition) is 2. The zero-order chi connectivity index (χ0) is 14.9. The first-order valence-corrected chi connectivity index (χ1v) is 8.29. The number of aryl methyl sites for hydroxylation is 1. The topological polar surface area (TPSA) is 72.2 Å². The Hall–Kier alpha value is -1.24. The second kappa shape index (κ2) is 5.63. The van der Waals surface area contributed by atoms with Crippen LogP contribution in [0, 0.1) is 6.92 Å². The molecule has 0 radical (unpaired) electrons. The molecule has 7 heteroatoms. The summed E-state index contributed by atoms with van der Waals surface area (Å²) in [5.74, 6) is 0. The van der Waals surface area contributed by atoms with Gasteiger partial charge in [-0.05, 0) is 52.7 Å². The molecule has 2 aromatic carbocycles. The molecule has 2 aromatic rings. The van der Waals surface area contributed by atoms with Crippen LogP contribution in [0.15, 0.2) is 45.8 Å². The van der Waals surface area contributed by atoms with Crippen LogP contribution in [-0.2, 0) is 10.0 Å². The normalized spacial score (nSPS) is 11.3. The molecule has 0 fully saturated rings. The van der Waals surface area contributed by atoms with Gasteiger partial charge in [0.05, 0.1) is 15.6 Å². The van der Waals surface area contributed by atoms with Crippen molar-refractivity contribution in [3.05, 3.63) is 51.5 Å². The van der Waals surface area contributed by atoms with Crippen LogP contribution >= 0.6 is 27.5 Å². The van der Waals surface area contributed by atoms with E-state index in [4.69, 9.17) is 17.3 Å². The minimum absolute atomic E-state index is 0.123. The Bertz CT molecular complexity index is 763. The van der Waals surface area contributed by atoms with Crippen molar-refractivity contribution in [2.75, 3.05) is 10.5 Å². The van der Waals surface area contributed by atoms with E-state index in [1.165, 1.54) is 6.07 Å². The van der Waals surface area contributed by atoms with Gasteiger partial charge in [-0.25, -0.2) is 8.42 Å². The molecule has 0 spiro atoms. The van der Waals surface area contributed by atoms with Crippen molar-refractivity contribution < 1.29 is 8.42 Å². The first-order valence-electron chi connectivity index (χ1n) is 5.64. The van der Waals surface area contributed by atoms with Crippen molar-refractivity contribution in [3.8, 4) is 0 Å². The molecule has 0 aliphatic carbocycles. The van der Waals surface area contributed by atoms with Crippen molar-refractivity contribution in [2.45, 2.75) is 11.8 Å². The first-order chi connectivity index (χ1) is 9.31. The molecule has 0 unspecified atom stereocenters. The molecular weight excluding hydrogens is 364 g/mol. The van der Waals surface area contributed by atoms with Gasteiger partial charge in [0, 0.05) is 10.2 Å². The van der Waals surface area contributed by atoms with E-state index in [0.717, 1.165) is 0 Å². The Balaban J connectivity index is 2.47. The van der Waals surface area contributed by atoms with Gasteiger partial charge in [0.25, 0.3) is 10.0 Å². The minimum atomic E-state index is -3.74. The lowest BCUT2D eigenvalue weighted by Crippen LogP contribution is -2.15. The van der Waals surface area contributed by atoms with Crippen molar-refractivity contribution in [1.82, 2.24) is 0 Å². The van der Waals surface area contributed by atoms with Gasteiger partial charge in [-0.2, -0.15) is 0 Å². The predicted molar refractivity (Wildman–Crippen MR) is 85.6 cm³/mol. The first kappa shape index (κ1) is 15.2. The molecule has 0 atom stereocenters. The lowest BCUT2D eigenvalue weighted by atomic mass is 10.2. The molecule has 0 aromatic heterocycles. The van der Waals surface area contributed by atoms with Crippen LogP contribution in [-0.4, -0.2) is 8.42 Å². The maximum absolute atomic E-state index is 12.4. The summed E-state index contributed by atoms with van der Waals surface area (Å²) in [5.41, 5.74) is 7.02. The van der Waals surface area contributed by atoms with E-state index >= 15 is 0 Å². The molecule has 0 amide bonds. The highest BCUT2D eigenvalue weighted by atomic mass is 79.9. The largest absolute Gasteiger partial charge is 0.398 e. The van der Waals surface area contributed by atoms with Gasteiger partial charge < -0.3 is 5.73 Å². The maximum Gasteiger partial charge on any atom is 0.262 e. The zero-order valence-electron chi connectivity index (χ0n) is 10.5. The standard InChI is InChI=1S/C13H12BrClN2O2S/c1-8-6-9(14)11(16)7-13(8)20(18,19)17-12-5-3-2-4-10(12)15/h2-7,17H,16H2,1H3. The highest BCUT2D eigenvalue weighted by Gasteiger charge is 2.19. The Kier molecular flexibility index (Phi) is 4.27. The van der Waals surface area contributed by atoms with E-state index in [0.29, 0.717) is 26.4 Å². The third kappa shape index (κ3) is 3.08. The quantitative estimate of drug-likeness (QED) is 0.802. The SMILES string of the molecule is Cc1cc(Br)c(N)cc1S(=O)(=O)Nc1ccccc1Cl. The van der Waals surface area contributed by atoms with Crippen LogP contribution < -0.4 is 10.5 Å². The fourth-order valence-electron chi connectivity index (χ4n) is 1.70. The third-order valence-corrected chi connectivity index (χ3v) is 5.23. The van der Waals surface area contributed by atoms with Crippen LogP contribution in [0.4, 0.5) is 11.4 Å². The van der Waals surface area contributed by atoms with Crippen molar-refractivity contribution in [3.63, 3.8) is 0 Å². The molecule has 3 N–H and O–H groups in total. The van der Waals surface area contributed by atoms with Crippen LogP contribution in [0.25, 0.3) is 0 Å². The molecule has 0 aliphatic rings. The van der Waals surface area contributed by atoms with Gasteiger partial charge in [0.1, 0.15) is 0 Å². The second-order valence-corrected chi connectivity index (χ2v) is 7.14. The Morgan fingerprint density at radius 2 is 1.90 bits per heavy atom. The van der Waals surface area contributed by atoms with Crippen LogP contribution in [0.1, 0.15) is 5.56 Å². The van der Waals surface area contributed by atoms with Gasteiger partial charge in [0.2, 0.25) is 0 Å². The molecule has 0 saturated carbocycles. The predicted octanol–water partition coefficient (Wildman–Crippen LogP) is 3.79. The summed E-state index contributed by atoms with van der Waals surface area (Å²) < 4.78 is 27.9. The lowest BCUT2D eigenvalue weighted by molar-refractivity contribution is 0.600. The number of halogens is 2. The number of rotatable bonds is 3. The van der Waals surface area contributed by atoms with Gasteiger partial charge in [-0.15, -0.1) is 0 Å². The smallest absolute Gasteiger partial charge is 0.262 e. The number of nitrogens with two attached hydrogens (primary N) is 1. The maximum atomic E-state index is 12.4. The monoisotopic (exact) mass is 374 g/mol. The summed E-state index contributed by atoms with van der Waals surface area (Å²) in [6, 6.07) is 9.71. The van der Waals surface area contributed by atoms with Gasteiger partial charge >= 0.3 is 0 Å². The molecule has 20 heavy (non-hydrogen) atoms. The Morgan fingerprint density at radius 3 is 2.55 bits per heavy atom.